The summed E-state index contributed by atoms with van der Waals surface area (Å²) in [5.74, 6) is 2.65. The number of hydrogen-bond acceptors (Lipinski definition) is 5. The molecule has 1 unspecified atom stereocenters. The van der Waals surface area contributed by atoms with Crippen molar-refractivity contribution in [2.45, 2.75) is 31.8 Å². The highest BCUT2D eigenvalue weighted by molar-refractivity contribution is 5.79. The second-order valence-corrected chi connectivity index (χ2v) is 7.42. The summed E-state index contributed by atoms with van der Waals surface area (Å²) < 4.78 is 16.5. The number of methoxy groups -OCH3 is 1. The maximum Gasteiger partial charge on any atom is 0.191 e. The van der Waals surface area contributed by atoms with E-state index in [0.717, 1.165) is 49.1 Å². The van der Waals surface area contributed by atoms with Crippen LogP contribution in [0.25, 0.3) is 0 Å². The highest BCUT2D eigenvalue weighted by Crippen LogP contribution is 2.24. The van der Waals surface area contributed by atoms with Gasteiger partial charge in [-0.3, -0.25) is 9.89 Å². The highest BCUT2D eigenvalue weighted by Gasteiger charge is 2.25. The first kappa shape index (κ1) is 22.2. The minimum atomic E-state index is 0.213. The van der Waals surface area contributed by atoms with Crippen LogP contribution in [0.4, 0.5) is 0 Å². The minimum absolute atomic E-state index is 0.213. The zero-order valence-electron chi connectivity index (χ0n) is 18.1. The summed E-state index contributed by atoms with van der Waals surface area (Å²) in [5.41, 5.74) is 1.14. The molecule has 1 aliphatic rings. The average molecular weight is 415 g/mol. The second-order valence-electron chi connectivity index (χ2n) is 7.42. The van der Waals surface area contributed by atoms with Crippen molar-refractivity contribution in [1.29, 1.82) is 0 Å². The summed E-state index contributed by atoms with van der Waals surface area (Å²) in [6, 6.07) is 12.4. The van der Waals surface area contributed by atoms with Crippen molar-refractivity contribution in [3.05, 3.63) is 54.0 Å². The number of benzene rings is 1. The van der Waals surface area contributed by atoms with Crippen molar-refractivity contribution in [3.8, 4) is 5.75 Å². The normalized spacial score (nSPS) is 15.9. The smallest absolute Gasteiger partial charge is 0.191 e. The van der Waals surface area contributed by atoms with E-state index in [0.29, 0.717) is 19.8 Å². The molecule has 1 saturated heterocycles. The maximum absolute atomic E-state index is 5.79. The zero-order chi connectivity index (χ0) is 21.0. The van der Waals surface area contributed by atoms with Crippen molar-refractivity contribution in [3.63, 3.8) is 0 Å². The molecule has 7 heteroatoms. The van der Waals surface area contributed by atoms with Crippen LogP contribution in [0.3, 0.4) is 0 Å². The fraction of sp³-hybridized carbons (Fsp3) is 0.522. The van der Waals surface area contributed by atoms with Gasteiger partial charge in [0, 0.05) is 40.3 Å². The molecule has 1 fully saturated rings. The van der Waals surface area contributed by atoms with Crippen molar-refractivity contribution < 1.29 is 13.9 Å². The number of nitrogens with one attached hydrogen (secondary N) is 2. The average Bonchev–Trinajstić information content (AvgIpc) is 3.49. The lowest BCUT2D eigenvalue weighted by Crippen LogP contribution is -2.42. The summed E-state index contributed by atoms with van der Waals surface area (Å²) in [4.78, 5) is 6.85. The van der Waals surface area contributed by atoms with Crippen LogP contribution in [0.15, 0.2) is 52.1 Å². The standard InChI is InChI=1S/C23H34N4O3/c1-24-23(25-17-19-8-5-9-20(16-19)29-15-7-13-28-2)26-18-21(22-10-6-14-30-22)27-11-3-4-12-27/h5-6,8-10,14,16,21H,3-4,7,11-13,15,17-18H2,1-2H3,(H2,24,25,26). The summed E-state index contributed by atoms with van der Waals surface area (Å²) in [6.45, 7) is 4.99. The van der Waals surface area contributed by atoms with Gasteiger partial charge in [0.05, 0.1) is 18.9 Å². The number of rotatable bonds is 11. The van der Waals surface area contributed by atoms with Gasteiger partial charge in [0.2, 0.25) is 0 Å². The molecule has 1 atom stereocenters. The number of ether oxygens (including phenoxy) is 2. The van der Waals surface area contributed by atoms with E-state index in [2.05, 4.69) is 38.7 Å². The van der Waals surface area contributed by atoms with E-state index in [1.54, 1.807) is 20.4 Å². The molecule has 0 amide bonds. The fourth-order valence-corrected chi connectivity index (χ4v) is 3.68. The van der Waals surface area contributed by atoms with Crippen LogP contribution < -0.4 is 15.4 Å². The van der Waals surface area contributed by atoms with Crippen LogP contribution in [0, 0.1) is 0 Å². The fourth-order valence-electron chi connectivity index (χ4n) is 3.68. The molecule has 0 spiro atoms. The molecule has 0 saturated carbocycles. The first-order chi connectivity index (χ1) is 14.8. The van der Waals surface area contributed by atoms with Gasteiger partial charge in [-0.05, 0) is 55.8 Å². The Hall–Kier alpha value is -2.51. The number of likely N-dealkylation sites (tertiary alicyclic amines) is 1. The molecule has 0 aliphatic carbocycles. The summed E-state index contributed by atoms with van der Waals surface area (Å²) >= 11 is 0. The van der Waals surface area contributed by atoms with E-state index in [-0.39, 0.29) is 6.04 Å². The Morgan fingerprint density at radius 2 is 2.03 bits per heavy atom. The van der Waals surface area contributed by atoms with Gasteiger partial charge in [0.25, 0.3) is 0 Å². The van der Waals surface area contributed by atoms with Gasteiger partial charge in [-0.25, -0.2) is 0 Å². The molecule has 1 aromatic carbocycles. The van der Waals surface area contributed by atoms with Crippen molar-refractivity contribution in [2.24, 2.45) is 4.99 Å². The van der Waals surface area contributed by atoms with Crippen LogP contribution >= 0.6 is 0 Å². The second kappa shape index (κ2) is 12.2. The van der Waals surface area contributed by atoms with Gasteiger partial charge in [-0.15, -0.1) is 0 Å². The van der Waals surface area contributed by atoms with Crippen LogP contribution in [-0.4, -0.2) is 57.9 Å². The quantitative estimate of drug-likeness (QED) is 0.334. The molecule has 0 radical (unpaired) electrons. The van der Waals surface area contributed by atoms with Gasteiger partial charge < -0.3 is 24.5 Å². The van der Waals surface area contributed by atoms with E-state index < -0.39 is 0 Å². The molecule has 2 aromatic rings. The monoisotopic (exact) mass is 414 g/mol. The maximum atomic E-state index is 5.79. The molecular formula is C23H34N4O3. The van der Waals surface area contributed by atoms with Gasteiger partial charge in [-0.1, -0.05) is 12.1 Å². The minimum Gasteiger partial charge on any atom is -0.493 e. The lowest BCUT2D eigenvalue weighted by Gasteiger charge is -2.26. The number of nitrogens with zero attached hydrogens (tertiary/aromatic N) is 2. The van der Waals surface area contributed by atoms with Crippen molar-refractivity contribution in [1.82, 2.24) is 15.5 Å². The molecule has 30 heavy (non-hydrogen) atoms. The van der Waals surface area contributed by atoms with E-state index >= 15 is 0 Å². The first-order valence-electron chi connectivity index (χ1n) is 10.7. The lowest BCUT2D eigenvalue weighted by molar-refractivity contribution is 0.172. The summed E-state index contributed by atoms with van der Waals surface area (Å²) in [7, 11) is 3.50. The lowest BCUT2D eigenvalue weighted by atomic mass is 10.2. The Morgan fingerprint density at radius 3 is 2.77 bits per heavy atom. The number of aliphatic imine (C=N–C) groups is 1. The van der Waals surface area contributed by atoms with Gasteiger partial charge in [-0.2, -0.15) is 0 Å². The zero-order valence-corrected chi connectivity index (χ0v) is 18.1. The molecule has 1 aliphatic heterocycles. The third kappa shape index (κ3) is 6.78. The van der Waals surface area contributed by atoms with Gasteiger partial charge in [0.1, 0.15) is 11.5 Å². The molecule has 164 valence electrons. The number of guanidine groups is 1. The Kier molecular flexibility index (Phi) is 9.05. The molecule has 1 aromatic heterocycles. The van der Waals surface area contributed by atoms with Crippen molar-refractivity contribution >= 4 is 5.96 Å². The Morgan fingerprint density at radius 1 is 1.17 bits per heavy atom. The van der Waals surface area contributed by atoms with Crippen LogP contribution in [0.2, 0.25) is 0 Å². The van der Waals surface area contributed by atoms with E-state index in [1.807, 2.05) is 18.2 Å². The molecule has 2 heterocycles. The topological polar surface area (TPSA) is 71.3 Å². The van der Waals surface area contributed by atoms with Crippen LogP contribution in [0.5, 0.6) is 5.75 Å². The third-order valence-corrected chi connectivity index (χ3v) is 5.26. The Labute approximate surface area is 179 Å². The summed E-state index contributed by atoms with van der Waals surface area (Å²) in [5, 5.41) is 6.85. The predicted molar refractivity (Wildman–Crippen MR) is 119 cm³/mol. The first-order valence-corrected chi connectivity index (χ1v) is 10.7. The number of furan rings is 1. The highest BCUT2D eigenvalue weighted by atomic mass is 16.5. The van der Waals surface area contributed by atoms with Crippen LogP contribution in [-0.2, 0) is 11.3 Å². The van der Waals surface area contributed by atoms with Gasteiger partial charge >= 0.3 is 0 Å². The van der Waals surface area contributed by atoms with Crippen LogP contribution in [0.1, 0.15) is 36.6 Å². The predicted octanol–water partition coefficient (Wildman–Crippen LogP) is 3.20. The van der Waals surface area contributed by atoms with Crippen molar-refractivity contribution in [2.75, 3.05) is 47.0 Å². The molecule has 2 N–H and O–H groups in total. The third-order valence-electron chi connectivity index (χ3n) is 5.26. The molecule has 0 bridgehead atoms. The molecule has 7 nitrogen and oxygen atoms in total. The SMILES string of the molecule is CN=C(NCc1cccc(OCCCOC)c1)NCC(c1ccco1)N1CCCC1. The Bertz CT molecular complexity index is 758. The van der Waals surface area contributed by atoms with Gasteiger partial charge in [0.15, 0.2) is 5.96 Å². The molecule has 3 rings (SSSR count). The Balaban J connectivity index is 1.49. The largest absolute Gasteiger partial charge is 0.493 e. The molecular weight excluding hydrogens is 380 g/mol. The number of hydrogen-bond donors (Lipinski definition) is 2. The van der Waals surface area contributed by atoms with E-state index in [4.69, 9.17) is 13.9 Å². The van der Waals surface area contributed by atoms with E-state index in [1.165, 1.54) is 12.8 Å². The summed E-state index contributed by atoms with van der Waals surface area (Å²) in [6.07, 6.45) is 5.11. The van der Waals surface area contributed by atoms with E-state index in [9.17, 15) is 0 Å².